The lowest BCUT2D eigenvalue weighted by atomic mass is 10.2. The molecule has 0 aliphatic rings. The average Bonchev–Trinajstić information content (AvgIpc) is 2.80. The summed E-state index contributed by atoms with van der Waals surface area (Å²) in [5.74, 6) is -0.0189. The Labute approximate surface area is 110 Å². The van der Waals surface area contributed by atoms with Crippen LogP contribution in [0.1, 0.15) is 23.0 Å². The Morgan fingerprint density at radius 3 is 2.74 bits per heavy atom. The normalized spacial score (nSPS) is 10.8. The number of rotatable bonds is 2. The predicted octanol–water partition coefficient (Wildman–Crippen LogP) is 2.93. The number of nitrogens with zero attached hydrogens (tertiary/aromatic N) is 3. The van der Waals surface area contributed by atoms with Gasteiger partial charge in [0.2, 0.25) is 0 Å². The molecule has 2 aromatic heterocycles. The monoisotopic (exact) mass is 251 g/mol. The van der Waals surface area contributed by atoms with Crippen LogP contribution in [-0.4, -0.2) is 20.5 Å². The van der Waals surface area contributed by atoms with Crippen LogP contribution in [0.3, 0.4) is 0 Å². The van der Waals surface area contributed by atoms with Gasteiger partial charge >= 0.3 is 0 Å². The Morgan fingerprint density at radius 2 is 2.00 bits per heavy atom. The Morgan fingerprint density at radius 1 is 1.21 bits per heavy atom. The van der Waals surface area contributed by atoms with Crippen molar-refractivity contribution in [3.05, 3.63) is 54.0 Å². The second kappa shape index (κ2) is 4.31. The summed E-state index contributed by atoms with van der Waals surface area (Å²) in [6, 6.07) is 9.78. The van der Waals surface area contributed by atoms with E-state index in [-0.39, 0.29) is 5.78 Å². The number of hydrogen-bond donors (Lipinski definition) is 0. The minimum Gasteiger partial charge on any atom is -0.293 e. The van der Waals surface area contributed by atoms with E-state index in [1.165, 1.54) is 6.92 Å². The highest BCUT2D eigenvalue weighted by Gasteiger charge is 2.12. The largest absolute Gasteiger partial charge is 0.293 e. The van der Waals surface area contributed by atoms with Gasteiger partial charge in [-0.05, 0) is 24.6 Å². The molecule has 0 bridgehead atoms. The van der Waals surface area contributed by atoms with Crippen LogP contribution < -0.4 is 0 Å². The molecule has 0 unspecified atom stereocenters. The van der Waals surface area contributed by atoms with E-state index in [2.05, 4.69) is 10.1 Å². The van der Waals surface area contributed by atoms with Crippen LogP contribution in [0.4, 0.5) is 0 Å². The molecule has 0 radical (unpaired) electrons. The van der Waals surface area contributed by atoms with Gasteiger partial charge in [0.15, 0.2) is 5.78 Å². The molecule has 0 fully saturated rings. The number of carbonyl (C=O) groups is 1. The molecule has 0 saturated heterocycles. The van der Waals surface area contributed by atoms with Crippen LogP contribution in [-0.2, 0) is 0 Å². The molecule has 0 N–H and O–H groups in total. The molecule has 3 rings (SSSR count). The van der Waals surface area contributed by atoms with Gasteiger partial charge in [-0.3, -0.25) is 9.78 Å². The average molecular weight is 251 g/mol. The van der Waals surface area contributed by atoms with Crippen molar-refractivity contribution in [2.45, 2.75) is 13.8 Å². The van der Waals surface area contributed by atoms with Gasteiger partial charge < -0.3 is 0 Å². The van der Waals surface area contributed by atoms with Crippen molar-refractivity contribution in [1.29, 1.82) is 0 Å². The summed E-state index contributed by atoms with van der Waals surface area (Å²) in [7, 11) is 0. The smallest absolute Gasteiger partial charge is 0.180 e. The molecular weight excluding hydrogens is 238 g/mol. The number of fused-ring (bicyclic) bond motifs is 1. The van der Waals surface area contributed by atoms with Gasteiger partial charge in [0.25, 0.3) is 0 Å². The summed E-state index contributed by atoms with van der Waals surface area (Å²) in [6.45, 7) is 3.42. The summed E-state index contributed by atoms with van der Waals surface area (Å²) in [5.41, 5.74) is 3.24. The lowest BCUT2D eigenvalue weighted by Crippen LogP contribution is -2.00. The highest BCUT2D eigenvalue weighted by molar-refractivity contribution is 5.93. The highest BCUT2D eigenvalue weighted by Crippen LogP contribution is 2.21. The molecule has 94 valence electrons. The van der Waals surface area contributed by atoms with Gasteiger partial charge in [0.05, 0.1) is 11.2 Å². The number of ketones is 1. The van der Waals surface area contributed by atoms with E-state index in [4.69, 9.17) is 0 Å². The first-order valence-electron chi connectivity index (χ1n) is 6.08. The van der Waals surface area contributed by atoms with Crippen LogP contribution in [0.25, 0.3) is 16.6 Å². The predicted molar refractivity (Wildman–Crippen MR) is 73.6 cm³/mol. The fourth-order valence-corrected chi connectivity index (χ4v) is 2.21. The zero-order valence-corrected chi connectivity index (χ0v) is 10.8. The van der Waals surface area contributed by atoms with Crippen molar-refractivity contribution in [1.82, 2.24) is 14.8 Å². The van der Waals surface area contributed by atoms with Crippen LogP contribution >= 0.6 is 0 Å². The summed E-state index contributed by atoms with van der Waals surface area (Å²) in [4.78, 5) is 15.8. The van der Waals surface area contributed by atoms with Crippen LogP contribution in [0, 0.1) is 6.92 Å². The molecule has 4 nitrogen and oxygen atoms in total. The van der Waals surface area contributed by atoms with E-state index in [1.807, 2.05) is 43.5 Å². The fraction of sp³-hybridized carbons (Fsp3) is 0.133. The maximum atomic E-state index is 11.5. The molecular formula is C15H13N3O. The fourth-order valence-electron chi connectivity index (χ4n) is 2.21. The van der Waals surface area contributed by atoms with Gasteiger partial charge in [-0.2, -0.15) is 5.10 Å². The first-order valence-corrected chi connectivity index (χ1v) is 6.08. The molecule has 0 amide bonds. The zero-order chi connectivity index (χ0) is 13.4. The van der Waals surface area contributed by atoms with Gasteiger partial charge in [0.1, 0.15) is 5.69 Å². The SMILES string of the molecule is CC(=O)c1nn(-c2ccnc3ccccc23)cc1C. The maximum absolute atomic E-state index is 11.5. The van der Waals surface area contributed by atoms with Crippen LogP contribution in [0.2, 0.25) is 0 Å². The first-order chi connectivity index (χ1) is 9.16. The number of pyridine rings is 1. The van der Waals surface area contributed by atoms with Crippen molar-refractivity contribution >= 4 is 16.7 Å². The van der Waals surface area contributed by atoms with E-state index >= 15 is 0 Å². The van der Waals surface area contributed by atoms with Gasteiger partial charge in [-0.15, -0.1) is 0 Å². The number of benzene rings is 1. The number of Topliss-reactive ketones (excluding diaryl/α,β-unsaturated/α-hetero) is 1. The molecule has 0 saturated carbocycles. The third-order valence-electron chi connectivity index (χ3n) is 3.10. The number of para-hydroxylation sites is 1. The topological polar surface area (TPSA) is 47.8 Å². The lowest BCUT2D eigenvalue weighted by molar-refractivity contribution is 0.101. The molecule has 2 heterocycles. The summed E-state index contributed by atoms with van der Waals surface area (Å²) in [5, 5.41) is 5.39. The summed E-state index contributed by atoms with van der Waals surface area (Å²) < 4.78 is 1.75. The van der Waals surface area contributed by atoms with E-state index in [0.29, 0.717) is 5.69 Å². The molecule has 0 aliphatic heterocycles. The Hall–Kier alpha value is -2.49. The second-order valence-electron chi connectivity index (χ2n) is 4.51. The van der Waals surface area contributed by atoms with Crippen LogP contribution in [0.5, 0.6) is 0 Å². The van der Waals surface area contributed by atoms with Crippen molar-refractivity contribution in [2.24, 2.45) is 0 Å². The minimum absolute atomic E-state index is 0.0189. The first kappa shape index (κ1) is 11.6. The van der Waals surface area contributed by atoms with E-state index in [1.54, 1.807) is 10.9 Å². The molecule has 0 aliphatic carbocycles. The lowest BCUT2D eigenvalue weighted by Gasteiger charge is -2.05. The van der Waals surface area contributed by atoms with Gasteiger partial charge in [-0.25, -0.2) is 4.68 Å². The molecule has 0 atom stereocenters. The molecule has 4 heteroatoms. The standard InChI is InChI=1S/C15H13N3O/c1-10-9-18(17-15(10)11(2)19)14-7-8-16-13-6-4-3-5-12(13)14/h3-9H,1-2H3. The van der Waals surface area contributed by atoms with Crippen LogP contribution in [0.15, 0.2) is 42.7 Å². The second-order valence-corrected chi connectivity index (χ2v) is 4.51. The molecule has 0 spiro atoms. The number of carbonyl (C=O) groups excluding carboxylic acids is 1. The summed E-state index contributed by atoms with van der Waals surface area (Å²) >= 11 is 0. The zero-order valence-electron chi connectivity index (χ0n) is 10.8. The maximum Gasteiger partial charge on any atom is 0.180 e. The quantitative estimate of drug-likeness (QED) is 0.658. The van der Waals surface area contributed by atoms with Gasteiger partial charge in [-0.1, -0.05) is 18.2 Å². The van der Waals surface area contributed by atoms with Crippen molar-refractivity contribution in [3.63, 3.8) is 0 Å². The molecule has 19 heavy (non-hydrogen) atoms. The number of aromatic nitrogens is 3. The highest BCUT2D eigenvalue weighted by atomic mass is 16.1. The van der Waals surface area contributed by atoms with E-state index in [9.17, 15) is 4.79 Å². The number of aryl methyl sites for hydroxylation is 1. The number of hydrogen-bond acceptors (Lipinski definition) is 3. The molecule has 3 aromatic rings. The van der Waals surface area contributed by atoms with Crippen molar-refractivity contribution in [2.75, 3.05) is 0 Å². The van der Waals surface area contributed by atoms with Crippen molar-refractivity contribution < 1.29 is 4.79 Å². The molecule has 1 aromatic carbocycles. The van der Waals surface area contributed by atoms with Gasteiger partial charge in [0, 0.05) is 24.7 Å². The third kappa shape index (κ3) is 1.91. The Bertz CT molecular complexity index is 769. The minimum atomic E-state index is -0.0189. The van der Waals surface area contributed by atoms with Crippen molar-refractivity contribution in [3.8, 4) is 5.69 Å². The Kier molecular flexibility index (Phi) is 2.63. The van der Waals surface area contributed by atoms with E-state index < -0.39 is 0 Å². The third-order valence-corrected chi connectivity index (χ3v) is 3.10. The van der Waals surface area contributed by atoms with E-state index in [0.717, 1.165) is 22.2 Å². The summed E-state index contributed by atoms with van der Waals surface area (Å²) in [6.07, 6.45) is 3.63. The Balaban J connectivity index is 2.25.